The molecule has 2 aromatic rings. The number of unbranched alkanes of at least 4 members (excludes halogenated alkanes) is 1. The Balaban J connectivity index is 1.19. The van der Waals surface area contributed by atoms with Crippen molar-refractivity contribution in [2.75, 3.05) is 30.7 Å². The number of aliphatic imine (C=N–C) groups is 3. The first-order valence-corrected chi connectivity index (χ1v) is 36.8. The minimum absolute atomic E-state index is 0.0273. The van der Waals surface area contributed by atoms with Gasteiger partial charge in [-0.1, -0.05) is 57.2 Å². The molecule has 1 unspecified atom stereocenters. The summed E-state index contributed by atoms with van der Waals surface area (Å²) in [6.45, 7) is 20.0. The van der Waals surface area contributed by atoms with Crippen LogP contribution in [0.5, 0.6) is 0 Å². The molecule has 31 heteroatoms. The Morgan fingerprint density at radius 2 is 1.45 bits per heavy atom. The van der Waals surface area contributed by atoms with Crippen LogP contribution in [0.1, 0.15) is 163 Å². The first-order chi connectivity index (χ1) is 46.3. The van der Waals surface area contributed by atoms with Crippen molar-refractivity contribution >= 4 is 106 Å². The molecule has 29 nitrogen and oxygen atoms in total. The lowest BCUT2D eigenvalue weighted by Crippen LogP contribution is -2.56. The third-order valence-corrected chi connectivity index (χ3v) is 23.8. The number of phosphoric ester groups is 1. The van der Waals surface area contributed by atoms with Crippen LogP contribution in [0, 0.1) is 64.6 Å². The summed E-state index contributed by atoms with van der Waals surface area (Å²) in [6.07, 6.45) is -3.38. The van der Waals surface area contributed by atoms with Gasteiger partial charge in [0.2, 0.25) is 41.4 Å². The number of nitrogens with one attached hydrogen (secondary N) is 5. The maximum atomic E-state index is 14.5. The molecule has 6 aliphatic rings. The normalized spacial score (nSPS) is 32.1. The van der Waals surface area contributed by atoms with E-state index in [1.54, 1.807) is 4.57 Å². The quantitative estimate of drug-likeness (QED) is 0.0123. The highest BCUT2D eigenvalue weighted by Gasteiger charge is 2.66. The van der Waals surface area contributed by atoms with Crippen LogP contribution in [0.3, 0.4) is 0 Å². The monoisotopic (exact) mass is 1510 g/mol. The second-order valence-electron chi connectivity index (χ2n) is 29.1. The number of ether oxygens (including phenoxy) is 1. The van der Waals surface area contributed by atoms with E-state index in [1.165, 1.54) is 13.3 Å². The number of amides is 7. The number of nitrogens with two attached hydrogens (primary N) is 4. The highest BCUT2D eigenvalue weighted by Crippen LogP contribution is 2.63. The Kier molecular flexibility index (Phi) is 24.2. The molecular formula is C68H99IN14O15P-. The number of carbonyl (C=O) groups is 7. The zero-order chi connectivity index (χ0) is 73.2. The highest BCUT2D eigenvalue weighted by atomic mass is 127. The van der Waals surface area contributed by atoms with Gasteiger partial charge in [-0.05, 0) is 133 Å². The molecule has 8 bridgehead atoms. The maximum Gasteiger partial charge on any atom is 0.472 e. The first kappa shape index (κ1) is 77.9. The summed E-state index contributed by atoms with van der Waals surface area (Å²) in [5.74, 6) is -7.40. The van der Waals surface area contributed by atoms with Gasteiger partial charge in [-0.15, -0.1) is 0 Å². The average molecular weight is 1510 g/mol. The van der Waals surface area contributed by atoms with Crippen molar-refractivity contribution in [2.24, 2.45) is 83.2 Å². The fourth-order valence-electron chi connectivity index (χ4n) is 16.3. The summed E-state index contributed by atoms with van der Waals surface area (Å²) >= 11 is 1.98. The number of alkyl halides is 1. The van der Waals surface area contributed by atoms with E-state index in [2.05, 4.69) is 26.3 Å². The Morgan fingerprint density at radius 1 is 0.828 bits per heavy atom. The number of phosphoric acid groups is 1. The predicted octanol–water partition coefficient (Wildman–Crippen LogP) is 3.98. The van der Waals surface area contributed by atoms with Gasteiger partial charge >= 0.3 is 7.82 Å². The maximum absolute atomic E-state index is 14.5. The van der Waals surface area contributed by atoms with Crippen molar-refractivity contribution in [3.63, 3.8) is 0 Å². The summed E-state index contributed by atoms with van der Waals surface area (Å²) < 4.78 is 32.7. The molecule has 6 aliphatic heterocycles. The fourth-order valence-corrected chi connectivity index (χ4v) is 17.7. The van der Waals surface area contributed by atoms with Crippen molar-refractivity contribution in [2.45, 2.75) is 202 Å². The van der Waals surface area contributed by atoms with Crippen LogP contribution in [0.2, 0.25) is 0 Å². The Hall–Kier alpha value is -6.80. The number of carbonyl (C=O) groups excluding carboxylic acids is 7. The minimum atomic E-state index is -5.09. The number of primary amides is 4. The topological polar surface area (TPSA) is 479 Å². The first-order valence-electron chi connectivity index (χ1n) is 33.8. The van der Waals surface area contributed by atoms with Crippen LogP contribution >= 0.6 is 30.4 Å². The molecule has 544 valence electrons. The van der Waals surface area contributed by atoms with Gasteiger partial charge in [0, 0.05) is 138 Å². The molecular weight excluding hydrogens is 1410 g/mol. The number of halogens is 1. The van der Waals surface area contributed by atoms with Gasteiger partial charge in [0.1, 0.15) is 18.3 Å². The average Bonchev–Trinajstić information content (AvgIpc) is 1.53. The number of aryl methyl sites for hydroxylation is 2. The second kappa shape index (κ2) is 30.8. The number of nitrogens with zero attached hydrogens (tertiary/aromatic N) is 5. The largest absolute Gasteiger partial charge is 0.862 e. The van der Waals surface area contributed by atoms with E-state index < -0.39 is 137 Å². The van der Waals surface area contributed by atoms with E-state index in [-0.39, 0.29) is 89.0 Å². The molecule has 2 fully saturated rings. The van der Waals surface area contributed by atoms with Crippen LogP contribution < -0.4 is 49.3 Å². The molecule has 7 amide bonds. The lowest BCUT2D eigenvalue weighted by molar-refractivity contribution is -0.220. The molecule has 1 aromatic carbocycles. The zero-order valence-electron chi connectivity index (χ0n) is 58.4. The third-order valence-electron chi connectivity index (χ3n) is 21.9. The molecule has 7 heterocycles. The van der Waals surface area contributed by atoms with E-state index >= 15 is 0 Å². The Labute approximate surface area is 590 Å². The van der Waals surface area contributed by atoms with Gasteiger partial charge in [0.05, 0.1) is 46.1 Å². The number of rotatable bonds is 32. The number of imidazole rings is 1. The summed E-state index contributed by atoms with van der Waals surface area (Å²) in [7, 11) is -5.09. The van der Waals surface area contributed by atoms with E-state index in [9.17, 15) is 58.3 Å². The van der Waals surface area contributed by atoms with Crippen LogP contribution in [0.15, 0.2) is 67.8 Å². The van der Waals surface area contributed by atoms with Gasteiger partial charge < -0.3 is 79.1 Å². The van der Waals surface area contributed by atoms with E-state index in [0.717, 1.165) is 11.1 Å². The SMILES string of the molecule is C/C1=C2N=C(/C=C3\N/C(=C(/C)C4=N[C@](C)([C@@H]5N=C1[C@](C)(CCC(=O)NC[C@@H](C)OP(=O)(O)O[C@H]1[C@@H](O)[C@@H](n6cnc7cc(C)c(C)cc76)O[C@H]1CO)[C@H]5CC(N)=O)[C@@](C)(CC(N)=O)[C@@H]4CCC(=O)NCCCCNC(=O)CI)[C@@](C)(CC(N)=O)[C@@H]3CCC(=N)[O-])C(C)(C)[C@@H]/2CCC(N)=O. The molecule has 0 spiro atoms. The zero-order valence-corrected chi connectivity index (χ0v) is 61.5. The number of benzene rings is 1. The molecule has 0 aliphatic carbocycles. The van der Waals surface area contributed by atoms with Crippen molar-refractivity contribution in [3.8, 4) is 0 Å². The number of hydrogen-bond acceptors (Lipinski definition) is 20. The molecule has 15 atom stereocenters. The molecule has 8 rings (SSSR count). The van der Waals surface area contributed by atoms with Crippen molar-refractivity contribution in [3.05, 3.63) is 63.9 Å². The van der Waals surface area contributed by atoms with Crippen molar-refractivity contribution < 1.29 is 72.1 Å². The summed E-state index contributed by atoms with van der Waals surface area (Å²) in [5.41, 5.74) is 25.6. The number of aliphatic hydroxyl groups is 2. The fraction of sp³-hybridized carbons (Fsp3) is 0.647. The van der Waals surface area contributed by atoms with Crippen LogP contribution in [0.25, 0.3) is 11.0 Å². The van der Waals surface area contributed by atoms with Gasteiger partial charge in [-0.2, -0.15) is 0 Å². The molecule has 0 saturated carbocycles. The van der Waals surface area contributed by atoms with Crippen molar-refractivity contribution in [1.29, 1.82) is 5.41 Å². The van der Waals surface area contributed by atoms with Crippen LogP contribution in [0.4, 0.5) is 0 Å². The predicted molar refractivity (Wildman–Crippen MR) is 377 cm³/mol. The van der Waals surface area contributed by atoms with Gasteiger partial charge in [-0.25, -0.2) is 9.55 Å². The van der Waals surface area contributed by atoms with E-state index in [0.29, 0.717) is 86.8 Å². The van der Waals surface area contributed by atoms with E-state index in [1.807, 2.05) is 110 Å². The van der Waals surface area contributed by atoms with Gasteiger partial charge in [0.15, 0.2) is 6.23 Å². The number of hydrogen-bond donors (Lipinski definition) is 12. The Morgan fingerprint density at radius 3 is 2.07 bits per heavy atom. The number of aliphatic hydroxyl groups excluding tert-OH is 2. The number of fused-ring (bicyclic) bond motifs is 7. The molecule has 0 radical (unpaired) electrons. The van der Waals surface area contributed by atoms with E-state index in [4.69, 9.17) is 57.1 Å². The number of aromatic nitrogens is 2. The standard InChI is InChI=1S/C68H100IN14O15P/c1-34-24-44-45(25-35(34)2)83(33-78-44)63-58(93)59(46(32-84)96-63)98-99(94,95)97-36(3)31-77-54(91)20-21-65(8)42(26-50(72)87)62-68(11)67(10,29-52(74)89)41(16-19-53(90)75-22-12-13-23-76-55(92)30-69)57(82-68)38(5)61-66(9,28-51(73)88)39(14-17-48(70)85)43(79-61)27-47-64(6,7)40(15-18-49(71)86)56(80-47)37(4)60(65)81-62/h24-25,27,33,36,39-42,46,58-59,62-63,79,84,93H,12-23,26,28-32H2,1-11H3,(H2,70,85)(H2,71,86)(H2,72,87)(H2,73,88)(H2,74,89)(H,75,90)(H,76,92)(H,77,91)(H,94,95)/p-1/b43-27-,56-37-,61-38-/t36-,39-,40-,41-,42+,46+,58-,59-,62-,63+,65-,66+,67+,68-/m1/s1. The summed E-state index contributed by atoms with van der Waals surface area (Å²) in [6, 6.07) is 2.67. The Bertz CT molecular complexity index is 3790. The minimum Gasteiger partial charge on any atom is -0.862 e. The number of allylic oxidation sites excluding steroid dienone is 6. The lowest BCUT2D eigenvalue weighted by atomic mass is 9.55. The molecule has 99 heavy (non-hydrogen) atoms. The van der Waals surface area contributed by atoms with Crippen molar-refractivity contribution in [1.82, 2.24) is 30.8 Å². The summed E-state index contributed by atoms with van der Waals surface area (Å²) in [4.78, 5) is 127. The second-order valence-corrected chi connectivity index (χ2v) is 31.2. The van der Waals surface area contributed by atoms with Gasteiger partial charge in [-0.3, -0.25) is 57.6 Å². The third kappa shape index (κ3) is 16.3. The van der Waals surface area contributed by atoms with Gasteiger partial charge in [0.25, 0.3) is 0 Å². The van der Waals surface area contributed by atoms with Crippen LogP contribution in [-0.4, -0.2) is 156 Å². The lowest BCUT2D eigenvalue weighted by Gasteiger charge is -2.48. The summed E-state index contributed by atoms with van der Waals surface area (Å²) in [5, 5.41) is 54.9. The molecule has 1 aromatic heterocycles. The van der Waals surface area contributed by atoms with Crippen LogP contribution in [-0.2, 0) is 51.9 Å². The molecule has 2 saturated heterocycles. The highest BCUT2D eigenvalue weighted by molar-refractivity contribution is 14.1. The smallest absolute Gasteiger partial charge is 0.472 e. The molecule has 16 N–H and O–H groups in total.